The molecule has 2 N–H and O–H groups in total. The van der Waals surface area contributed by atoms with E-state index in [-0.39, 0.29) is 23.4 Å². The number of nitrogens with one attached hydrogen (secondary N) is 1. The molecule has 0 spiro atoms. The Bertz CT molecular complexity index is 838. The molecule has 2 heterocycles. The van der Waals surface area contributed by atoms with E-state index in [9.17, 15) is 9.59 Å². The molecule has 2 atom stereocenters. The first-order valence-electron chi connectivity index (χ1n) is 9.33. The number of amides is 1. The van der Waals surface area contributed by atoms with Crippen LogP contribution in [0.4, 0.5) is 0 Å². The zero-order valence-corrected chi connectivity index (χ0v) is 16.1. The number of hydrogen-bond donors (Lipinski definition) is 2. The van der Waals surface area contributed by atoms with Crippen LogP contribution >= 0.6 is 0 Å². The number of aromatic nitrogens is 1. The van der Waals surface area contributed by atoms with Gasteiger partial charge >= 0.3 is 5.97 Å². The Morgan fingerprint density at radius 2 is 2.11 bits per heavy atom. The molecule has 0 aliphatic carbocycles. The highest BCUT2D eigenvalue weighted by Crippen LogP contribution is 2.29. The Morgan fingerprint density at radius 1 is 1.36 bits per heavy atom. The molecule has 0 radical (unpaired) electrons. The van der Waals surface area contributed by atoms with Gasteiger partial charge in [0.05, 0.1) is 30.3 Å². The van der Waals surface area contributed by atoms with Crippen molar-refractivity contribution in [2.24, 2.45) is 5.92 Å². The summed E-state index contributed by atoms with van der Waals surface area (Å²) in [4.78, 5) is 29.9. The summed E-state index contributed by atoms with van der Waals surface area (Å²) in [6.45, 7) is 3.74. The maximum absolute atomic E-state index is 12.8. The minimum atomic E-state index is -0.974. The molecule has 1 amide bonds. The molecular formula is C21H25N3O4. The van der Waals surface area contributed by atoms with Crippen molar-refractivity contribution in [3.05, 3.63) is 59.4 Å². The molecule has 1 aliphatic rings. The predicted octanol–water partition coefficient (Wildman–Crippen LogP) is 2.49. The fourth-order valence-corrected chi connectivity index (χ4v) is 3.48. The number of hydrogen-bond acceptors (Lipinski definition) is 5. The molecule has 1 aliphatic heterocycles. The monoisotopic (exact) mass is 383 g/mol. The van der Waals surface area contributed by atoms with Gasteiger partial charge < -0.3 is 20.1 Å². The van der Waals surface area contributed by atoms with Gasteiger partial charge in [-0.15, -0.1) is 0 Å². The van der Waals surface area contributed by atoms with Crippen molar-refractivity contribution in [2.75, 3.05) is 20.2 Å². The quantitative estimate of drug-likeness (QED) is 0.728. The second-order valence-electron chi connectivity index (χ2n) is 6.94. The van der Waals surface area contributed by atoms with Crippen molar-refractivity contribution in [1.29, 1.82) is 0 Å². The summed E-state index contributed by atoms with van der Waals surface area (Å²) in [6.07, 6.45) is 2.29. The maximum atomic E-state index is 12.8. The Balaban J connectivity index is 1.53. The number of pyridine rings is 1. The third-order valence-corrected chi connectivity index (χ3v) is 5.18. The van der Waals surface area contributed by atoms with Crippen molar-refractivity contribution in [3.8, 4) is 5.75 Å². The second-order valence-corrected chi connectivity index (χ2v) is 6.94. The Hall–Kier alpha value is -2.93. The highest BCUT2D eigenvalue weighted by Gasteiger charge is 2.34. The zero-order valence-electron chi connectivity index (χ0n) is 16.1. The summed E-state index contributed by atoms with van der Waals surface area (Å²) in [5.41, 5.74) is 1.94. The molecular weight excluding hydrogens is 358 g/mol. The number of aromatic carboxylic acids is 1. The maximum Gasteiger partial charge on any atom is 0.335 e. The third kappa shape index (κ3) is 4.48. The van der Waals surface area contributed by atoms with Gasteiger partial charge in [0.1, 0.15) is 5.75 Å². The lowest BCUT2D eigenvalue weighted by atomic mass is 10.1. The van der Waals surface area contributed by atoms with E-state index >= 15 is 0 Å². The molecule has 0 unspecified atom stereocenters. The fraction of sp³-hybridized carbons (Fsp3) is 0.381. The van der Waals surface area contributed by atoms with Crippen LogP contribution in [0.2, 0.25) is 0 Å². The summed E-state index contributed by atoms with van der Waals surface area (Å²) < 4.78 is 5.19. The molecule has 1 aromatic carbocycles. The van der Waals surface area contributed by atoms with E-state index in [1.54, 1.807) is 13.2 Å². The van der Waals surface area contributed by atoms with Crippen LogP contribution in [0.1, 0.15) is 41.0 Å². The van der Waals surface area contributed by atoms with Gasteiger partial charge in [0.15, 0.2) is 0 Å². The van der Waals surface area contributed by atoms with Crippen molar-refractivity contribution >= 4 is 11.9 Å². The van der Waals surface area contributed by atoms with Crippen LogP contribution in [-0.4, -0.2) is 47.1 Å². The average Bonchev–Trinajstić information content (AvgIpc) is 3.08. The van der Waals surface area contributed by atoms with Crippen LogP contribution in [-0.2, 0) is 11.3 Å². The summed E-state index contributed by atoms with van der Waals surface area (Å²) in [5.74, 6) is -0.115. The topological polar surface area (TPSA) is 91.8 Å². The van der Waals surface area contributed by atoms with Crippen molar-refractivity contribution in [2.45, 2.75) is 25.9 Å². The van der Waals surface area contributed by atoms with Gasteiger partial charge in [-0.05, 0) is 43.2 Å². The van der Waals surface area contributed by atoms with Gasteiger partial charge in [-0.2, -0.15) is 0 Å². The minimum Gasteiger partial charge on any atom is -0.497 e. The van der Waals surface area contributed by atoms with Crippen LogP contribution in [0, 0.1) is 5.92 Å². The van der Waals surface area contributed by atoms with Crippen LogP contribution in [0.5, 0.6) is 5.75 Å². The first-order valence-corrected chi connectivity index (χ1v) is 9.33. The van der Waals surface area contributed by atoms with Crippen LogP contribution < -0.4 is 10.1 Å². The minimum absolute atomic E-state index is 0.0114. The highest BCUT2D eigenvalue weighted by atomic mass is 16.5. The summed E-state index contributed by atoms with van der Waals surface area (Å²) in [7, 11) is 1.63. The van der Waals surface area contributed by atoms with Gasteiger partial charge in [-0.1, -0.05) is 12.1 Å². The third-order valence-electron chi connectivity index (χ3n) is 5.18. The van der Waals surface area contributed by atoms with E-state index in [0.717, 1.165) is 24.3 Å². The molecule has 1 saturated heterocycles. The predicted molar refractivity (Wildman–Crippen MR) is 104 cm³/mol. The average molecular weight is 383 g/mol. The van der Waals surface area contributed by atoms with E-state index in [1.807, 2.05) is 36.1 Å². The van der Waals surface area contributed by atoms with Crippen LogP contribution in [0.15, 0.2) is 42.6 Å². The van der Waals surface area contributed by atoms with Crippen molar-refractivity contribution in [1.82, 2.24) is 15.2 Å². The molecule has 7 nitrogen and oxygen atoms in total. The largest absolute Gasteiger partial charge is 0.497 e. The highest BCUT2D eigenvalue weighted by molar-refractivity contribution is 5.87. The zero-order chi connectivity index (χ0) is 20.1. The summed E-state index contributed by atoms with van der Waals surface area (Å²) >= 11 is 0. The van der Waals surface area contributed by atoms with Gasteiger partial charge in [0.25, 0.3) is 0 Å². The molecule has 0 bridgehead atoms. The van der Waals surface area contributed by atoms with Gasteiger partial charge in [0.2, 0.25) is 5.91 Å². The molecule has 1 fully saturated rings. The Morgan fingerprint density at radius 3 is 2.79 bits per heavy atom. The number of benzene rings is 1. The Labute approximate surface area is 164 Å². The van der Waals surface area contributed by atoms with E-state index in [4.69, 9.17) is 9.84 Å². The van der Waals surface area contributed by atoms with E-state index in [1.165, 1.54) is 12.3 Å². The van der Waals surface area contributed by atoms with Gasteiger partial charge in [-0.3, -0.25) is 9.78 Å². The van der Waals surface area contributed by atoms with E-state index in [0.29, 0.717) is 18.8 Å². The van der Waals surface area contributed by atoms with Crippen LogP contribution in [0.25, 0.3) is 0 Å². The van der Waals surface area contributed by atoms with Crippen molar-refractivity contribution < 1.29 is 19.4 Å². The molecule has 0 saturated carbocycles. The molecule has 7 heteroatoms. The number of carbonyl (C=O) groups is 2. The molecule has 3 rings (SSSR count). The Kier molecular flexibility index (Phi) is 6.26. The number of likely N-dealkylation sites (tertiary alicyclic amines) is 1. The number of ether oxygens (including phenoxy) is 1. The number of methoxy groups -OCH3 is 1. The van der Waals surface area contributed by atoms with Gasteiger partial charge in [-0.25, -0.2) is 4.79 Å². The number of carbonyl (C=O) groups excluding carboxylic acids is 1. The first-order chi connectivity index (χ1) is 13.5. The summed E-state index contributed by atoms with van der Waals surface area (Å²) in [5, 5.41) is 12.3. The van der Waals surface area contributed by atoms with Crippen molar-refractivity contribution in [3.63, 3.8) is 0 Å². The molecule has 28 heavy (non-hydrogen) atoms. The van der Waals surface area contributed by atoms with Gasteiger partial charge in [0, 0.05) is 25.8 Å². The standard InChI is InChI=1S/C21H25N3O4/c1-14(15-3-5-19(28-2)6-4-15)24-10-8-17(20(24)25)12-22-13-18-11-16(21(26)27)7-9-23-18/h3-7,9,11,14,17,22H,8,10,12-13H2,1-2H3,(H,26,27)/t14-,17+/m1/s1. The van der Waals surface area contributed by atoms with E-state index in [2.05, 4.69) is 10.3 Å². The lowest BCUT2D eigenvalue weighted by Crippen LogP contribution is -2.33. The normalized spacial score (nSPS) is 17.6. The lowest BCUT2D eigenvalue weighted by Gasteiger charge is -2.25. The fourth-order valence-electron chi connectivity index (χ4n) is 3.48. The lowest BCUT2D eigenvalue weighted by molar-refractivity contribution is -0.132. The SMILES string of the molecule is COc1ccc([C@@H](C)N2CC[C@@H](CNCc3cc(C(=O)O)ccn3)C2=O)cc1. The molecule has 148 valence electrons. The number of carboxylic acids is 1. The molecule has 2 aromatic rings. The van der Waals surface area contributed by atoms with Crippen LogP contribution in [0.3, 0.4) is 0 Å². The smallest absolute Gasteiger partial charge is 0.335 e. The number of nitrogens with zero attached hydrogens (tertiary/aromatic N) is 2. The second kappa shape index (κ2) is 8.84. The number of carboxylic acid groups (broad SMARTS) is 1. The van der Waals surface area contributed by atoms with E-state index < -0.39 is 5.97 Å². The summed E-state index contributed by atoms with van der Waals surface area (Å²) in [6, 6.07) is 10.8. The molecule has 1 aromatic heterocycles. The number of rotatable bonds is 8. The first kappa shape index (κ1) is 19.8.